The van der Waals surface area contributed by atoms with E-state index in [0.717, 1.165) is 22.3 Å². The molecule has 22 heavy (non-hydrogen) atoms. The first-order chi connectivity index (χ1) is 10.6. The lowest BCUT2D eigenvalue weighted by Crippen LogP contribution is -2.06. The van der Waals surface area contributed by atoms with Gasteiger partial charge >= 0.3 is 0 Å². The summed E-state index contributed by atoms with van der Waals surface area (Å²) in [6, 6.07) is 5.42. The Kier molecular flexibility index (Phi) is 4.85. The zero-order valence-corrected chi connectivity index (χ0v) is 13.7. The van der Waals surface area contributed by atoms with Crippen LogP contribution >= 0.6 is 0 Å². The largest absolute Gasteiger partial charge is 0.259 e. The van der Waals surface area contributed by atoms with Crippen molar-refractivity contribution in [2.24, 2.45) is 0 Å². The Hall–Kier alpha value is -2.30. The number of fused-ring (bicyclic) bond motifs is 1. The van der Waals surface area contributed by atoms with Gasteiger partial charge in [-0.25, -0.2) is 14.1 Å². The summed E-state index contributed by atoms with van der Waals surface area (Å²) >= 11 is 0. The van der Waals surface area contributed by atoms with Gasteiger partial charge < -0.3 is 0 Å². The number of aryl methyl sites for hydroxylation is 3. The van der Waals surface area contributed by atoms with E-state index in [9.17, 15) is 4.39 Å². The third-order valence-electron chi connectivity index (χ3n) is 3.45. The van der Waals surface area contributed by atoms with Crippen LogP contribution in [0.15, 0.2) is 24.4 Å². The Labute approximate surface area is 130 Å². The van der Waals surface area contributed by atoms with Crippen LogP contribution in [0.25, 0.3) is 11.0 Å². The molecule has 116 valence electrons. The topological polar surface area (TPSA) is 43.6 Å². The lowest BCUT2D eigenvalue weighted by Gasteiger charge is -2.06. The van der Waals surface area contributed by atoms with E-state index in [0.29, 0.717) is 17.9 Å². The molecule has 0 aliphatic rings. The molecule has 0 aromatic carbocycles. The normalized spacial score (nSPS) is 10.5. The quantitative estimate of drug-likeness (QED) is 0.719. The Morgan fingerprint density at radius 3 is 2.55 bits per heavy atom. The third-order valence-corrected chi connectivity index (χ3v) is 3.45. The lowest BCUT2D eigenvalue weighted by molar-refractivity contribution is 0.610. The molecule has 5 heteroatoms. The van der Waals surface area contributed by atoms with Crippen molar-refractivity contribution in [3.63, 3.8) is 0 Å². The Bertz CT molecular complexity index is 793. The van der Waals surface area contributed by atoms with Gasteiger partial charge in [-0.05, 0) is 38.5 Å². The standard InChI is InChI=1S/C15H15FN4.C2H6/c1-9-5-4-6-17-14(9)8-20-15-12(10(2)19-20)7-13(16)11(3)18-15;1-2/h4-7H,8H2,1-3H3;1-2H3. The number of rotatable bonds is 2. The first-order valence-corrected chi connectivity index (χ1v) is 7.47. The maximum Gasteiger partial charge on any atom is 0.158 e. The van der Waals surface area contributed by atoms with E-state index >= 15 is 0 Å². The van der Waals surface area contributed by atoms with Crippen molar-refractivity contribution in [1.82, 2.24) is 19.7 Å². The zero-order valence-electron chi connectivity index (χ0n) is 13.7. The second kappa shape index (κ2) is 6.64. The number of nitrogens with zero attached hydrogens (tertiary/aromatic N) is 4. The van der Waals surface area contributed by atoms with Gasteiger partial charge in [0, 0.05) is 11.6 Å². The molecule has 0 aliphatic heterocycles. The molecule has 3 aromatic heterocycles. The SMILES string of the molecule is CC.Cc1cccnc1Cn1nc(C)c2cc(F)c(C)nc21. The van der Waals surface area contributed by atoms with Gasteiger partial charge in [-0.3, -0.25) is 4.98 Å². The Morgan fingerprint density at radius 1 is 1.14 bits per heavy atom. The van der Waals surface area contributed by atoms with Gasteiger partial charge in [0.05, 0.1) is 23.6 Å². The summed E-state index contributed by atoms with van der Waals surface area (Å²) in [5, 5.41) is 5.21. The second-order valence-corrected chi connectivity index (χ2v) is 4.94. The number of hydrogen-bond donors (Lipinski definition) is 0. The highest BCUT2D eigenvalue weighted by Gasteiger charge is 2.13. The molecular weight excluding hydrogens is 279 g/mol. The molecule has 4 nitrogen and oxygen atoms in total. The molecule has 0 fully saturated rings. The zero-order chi connectivity index (χ0) is 16.3. The average Bonchev–Trinajstić information content (AvgIpc) is 2.80. The van der Waals surface area contributed by atoms with Crippen molar-refractivity contribution in [1.29, 1.82) is 0 Å². The number of aromatic nitrogens is 4. The fourth-order valence-electron chi connectivity index (χ4n) is 2.25. The molecular formula is C17H21FN4. The van der Waals surface area contributed by atoms with Crippen molar-refractivity contribution in [3.05, 3.63) is 52.9 Å². The van der Waals surface area contributed by atoms with Crippen molar-refractivity contribution in [2.45, 2.75) is 41.2 Å². The predicted molar refractivity (Wildman–Crippen MR) is 86.4 cm³/mol. The molecule has 0 bridgehead atoms. The van der Waals surface area contributed by atoms with E-state index in [-0.39, 0.29) is 5.82 Å². The lowest BCUT2D eigenvalue weighted by atomic mass is 10.2. The molecule has 0 atom stereocenters. The molecule has 0 N–H and O–H groups in total. The minimum absolute atomic E-state index is 0.297. The van der Waals surface area contributed by atoms with Gasteiger partial charge in [0.1, 0.15) is 5.82 Å². The highest BCUT2D eigenvalue weighted by Crippen LogP contribution is 2.20. The van der Waals surface area contributed by atoms with Crippen LogP contribution in [0.4, 0.5) is 4.39 Å². The first kappa shape index (κ1) is 16.1. The van der Waals surface area contributed by atoms with Gasteiger partial charge in [-0.15, -0.1) is 0 Å². The van der Waals surface area contributed by atoms with Gasteiger partial charge in [0.25, 0.3) is 0 Å². The van der Waals surface area contributed by atoms with Gasteiger partial charge in [-0.2, -0.15) is 5.10 Å². The van der Waals surface area contributed by atoms with Crippen molar-refractivity contribution >= 4 is 11.0 Å². The summed E-state index contributed by atoms with van der Waals surface area (Å²) in [6.07, 6.45) is 1.76. The summed E-state index contributed by atoms with van der Waals surface area (Å²) in [4.78, 5) is 8.69. The van der Waals surface area contributed by atoms with Crippen molar-refractivity contribution in [2.75, 3.05) is 0 Å². The maximum atomic E-state index is 13.6. The van der Waals surface area contributed by atoms with Crippen LogP contribution < -0.4 is 0 Å². The average molecular weight is 300 g/mol. The van der Waals surface area contributed by atoms with E-state index in [4.69, 9.17) is 0 Å². The van der Waals surface area contributed by atoms with E-state index in [1.54, 1.807) is 17.8 Å². The third kappa shape index (κ3) is 2.98. The van der Waals surface area contributed by atoms with Crippen LogP contribution in [-0.4, -0.2) is 19.7 Å². The van der Waals surface area contributed by atoms with E-state index in [2.05, 4.69) is 15.1 Å². The number of hydrogen-bond acceptors (Lipinski definition) is 3. The molecule has 0 saturated heterocycles. The van der Waals surface area contributed by atoms with E-state index < -0.39 is 0 Å². The highest BCUT2D eigenvalue weighted by molar-refractivity contribution is 5.78. The van der Waals surface area contributed by atoms with Gasteiger partial charge in [0.15, 0.2) is 5.65 Å². The van der Waals surface area contributed by atoms with Crippen LogP contribution in [0.1, 0.15) is 36.5 Å². The number of halogens is 1. The minimum atomic E-state index is -0.297. The van der Waals surface area contributed by atoms with Crippen LogP contribution in [0.3, 0.4) is 0 Å². The first-order valence-electron chi connectivity index (χ1n) is 7.47. The molecule has 3 rings (SSSR count). The van der Waals surface area contributed by atoms with Crippen LogP contribution in [-0.2, 0) is 6.54 Å². The van der Waals surface area contributed by atoms with Gasteiger partial charge in [-0.1, -0.05) is 19.9 Å². The van der Waals surface area contributed by atoms with Crippen LogP contribution in [0.2, 0.25) is 0 Å². The van der Waals surface area contributed by atoms with Crippen molar-refractivity contribution < 1.29 is 4.39 Å². The van der Waals surface area contributed by atoms with Crippen molar-refractivity contribution in [3.8, 4) is 0 Å². The Balaban J connectivity index is 0.000000847. The fourth-order valence-corrected chi connectivity index (χ4v) is 2.25. The van der Waals surface area contributed by atoms with Crippen LogP contribution in [0.5, 0.6) is 0 Å². The molecule has 3 aromatic rings. The summed E-state index contributed by atoms with van der Waals surface area (Å²) < 4.78 is 15.4. The molecule has 0 amide bonds. The van der Waals surface area contributed by atoms with E-state index in [1.165, 1.54) is 6.07 Å². The molecule has 0 spiro atoms. The predicted octanol–water partition coefficient (Wildman–Crippen LogP) is 3.97. The fraction of sp³-hybridized carbons (Fsp3) is 0.353. The van der Waals surface area contributed by atoms with Crippen LogP contribution in [0, 0.1) is 26.6 Å². The maximum absolute atomic E-state index is 13.6. The van der Waals surface area contributed by atoms with E-state index in [1.807, 2.05) is 39.8 Å². The van der Waals surface area contributed by atoms with Gasteiger partial charge in [0.2, 0.25) is 0 Å². The molecule has 3 heterocycles. The summed E-state index contributed by atoms with van der Waals surface area (Å²) in [5.74, 6) is -0.297. The monoisotopic (exact) mass is 300 g/mol. The molecule has 0 radical (unpaired) electrons. The molecule has 0 aliphatic carbocycles. The summed E-state index contributed by atoms with van der Waals surface area (Å²) in [5.41, 5.74) is 3.91. The Morgan fingerprint density at radius 2 is 1.86 bits per heavy atom. The molecule has 0 saturated carbocycles. The summed E-state index contributed by atoms with van der Waals surface area (Å²) in [6.45, 7) is 10.1. The second-order valence-electron chi connectivity index (χ2n) is 4.94. The minimum Gasteiger partial charge on any atom is -0.259 e. The smallest absolute Gasteiger partial charge is 0.158 e. The number of pyridine rings is 2. The molecule has 0 unspecified atom stereocenters. The summed E-state index contributed by atoms with van der Waals surface area (Å²) in [7, 11) is 0. The highest BCUT2D eigenvalue weighted by atomic mass is 19.1.